The topological polar surface area (TPSA) is 12.5 Å². The number of rotatable bonds is 4. The molecular weight excluding hydrogens is 218 g/mol. The van der Waals surface area contributed by atoms with Crippen LogP contribution in [0.15, 0.2) is 30.3 Å². The molecule has 0 amide bonds. The molecule has 16 heavy (non-hydrogen) atoms. The summed E-state index contributed by atoms with van der Waals surface area (Å²) in [5, 5.41) is 0. The van der Waals surface area contributed by atoms with E-state index in [0.717, 1.165) is 38.6 Å². The molecule has 0 aliphatic carbocycles. The third kappa shape index (κ3) is 3.24. The highest BCUT2D eigenvalue weighted by molar-refractivity contribution is 7.80. The predicted molar refractivity (Wildman–Crippen MR) is 70.3 cm³/mol. The number of ether oxygens (including phenoxy) is 1. The molecule has 0 bridgehead atoms. The molecular formula is C13H19NOS. The van der Waals surface area contributed by atoms with Gasteiger partial charge in [0, 0.05) is 25.6 Å². The van der Waals surface area contributed by atoms with E-state index < -0.39 is 0 Å². The molecule has 0 spiro atoms. The van der Waals surface area contributed by atoms with Gasteiger partial charge in [0.1, 0.15) is 0 Å². The Kier molecular flexibility index (Phi) is 4.69. The summed E-state index contributed by atoms with van der Waals surface area (Å²) in [6.07, 6.45) is 0. The number of nitrogens with zero attached hydrogens (tertiary/aromatic N) is 1. The first-order valence-electron chi connectivity index (χ1n) is 5.86. The number of hydrogen-bond donors (Lipinski definition) is 1. The quantitative estimate of drug-likeness (QED) is 0.805. The molecule has 1 aromatic rings. The average molecular weight is 237 g/mol. The molecule has 1 atom stereocenters. The van der Waals surface area contributed by atoms with Gasteiger partial charge >= 0.3 is 0 Å². The van der Waals surface area contributed by atoms with Gasteiger partial charge in [-0.1, -0.05) is 30.3 Å². The Bertz CT molecular complexity index is 298. The van der Waals surface area contributed by atoms with Crippen molar-refractivity contribution in [2.45, 2.75) is 5.92 Å². The lowest BCUT2D eigenvalue weighted by molar-refractivity contribution is 0.0359. The minimum Gasteiger partial charge on any atom is -0.379 e. The van der Waals surface area contributed by atoms with Crippen molar-refractivity contribution in [3.05, 3.63) is 35.9 Å². The second-order valence-corrected chi connectivity index (χ2v) is 4.57. The molecule has 1 saturated heterocycles. The van der Waals surface area contributed by atoms with Gasteiger partial charge in [-0.05, 0) is 11.3 Å². The molecule has 2 rings (SSSR count). The molecule has 1 fully saturated rings. The van der Waals surface area contributed by atoms with E-state index >= 15 is 0 Å². The standard InChI is InChI=1S/C13H19NOS/c16-11-13(12-4-2-1-3-5-12)10-14-6-8-15-9-7-14/h1-5,13,16H,6-11H2. The third-order valence-electron chi connectivity index (χ3n) is 3.07. The zero-order chi connectivity index (χ0) is 11.2. The van der Waals surface area contributed by atoms with Crippen LogP contribution in [0, 0.1) is 0 Å². The summed E-state index contributed by atoms with van der Waals surface area (Å²) in [5.74, 6) is 1.43. The van der Waals surface area contributed by atoms with Gasteiger partial charge in [-0.3, -0.25) is 4.90 Å². The van der Waals surface area contributed by atoms with E-state index in [1.807, 2.05) is 0 Å². The highest BCUT2D eigenvalue weighted by Crippen LogP contribution is 2.18. The Balaban J connectivity index is 1.94. The maximum Gasteiger partial charge on any atom is 0.0594 e. The zero-order valence-electron chi connectivity index (χ0n) is 9.51. The Morgan fingerprint density at radius 1 is 1.19 bits per heavy atom. The molecule has 1 aliphatic rings. The molecule has 0 saturated carbocycles. The first kappa shape index (κ1) is 12.0. The molecule has 1 aromatic carbocycles. The molecule has 3 heteroatoms. The summed E-state index contributed by atoms with van der Waals surface area (Å²) in [4.78, 5) is 2.47. The summed E-state index contributed by atoms with van der Waals surface area (Å²) in [7, 11) is 0. The van der Waals surface area contributed by atoms with E-state index in [9.17, 15) is 0 Å². The highest BCUT2D eigenvalue weighted by atomic mass is 32.1. The van der Waals surface area contributed by atoms with Crippen molar-refractivity contribution < 1.29 is 4.74 Å². The zero-order valence-corrected chi connectivity index (χ0v) is 10.4. The van der Waals surface area contributed by atoms with Crippen LogP contribution < -0.4 is 0 Å². The molecule has 1 heterocycles. The van der Waals surface area contributed by atoms with Gasteiger partial charge in [0.25, 0.3) is 0 Å². The average Bonchev–Trinajstić information content (AvgIpc) is 2.38. The smallest absolute Gasteiger partial charge is 0.0594 e. The van der Waals surface area contributed by atoms with Gasteiger partial charge in [-0.2, -0.15) is 12.6 Å². The summed E-state index contributed by atoms with van der Waals surface area (Å²) in [5.41, 5.74) is 1.39. The van der Waals surface area contributed by atoms with Gasteiger partial charge < -0.3 is 4.74 Å². The lowest BCUT2D eigenvalue weighted by atomic mass is 10.0. The van der Waals surface area contributed by atoms with Crippen molar-refractivity contribution in [3.8, 4) is 0 Å². The van der Waals surface area contributed by atoms with Crippen molar-refractivity contribution in [2.75, 3.05) is 38.6 Å². The Hall–Kier alpha value is -0.510. The molecule has 1 unspecified atom stereocenters. The van der Waals surface area contributed by atoms with Crippen LogP contribution >= 0.6 is 12.6 Å². The van der Waals surface area contributed by atoms with Crippen molar-refractivity contribution in [1.82, 2.24) is 4.90 Å². The first-order chi connectivity index (χ1) is 7.90. The minimum absolute atomic E-state index is 0.530. The van der Waals surface area contributed by atoms with Crippen LogP contribution in [-0.4, -0.2) is 43.5 Å². The van der Waals surface area contributed by atoms with E-state index in [0.29, 0.717) is 5.92 Å². The highest BCUT2D eigenvalue weighted by Gasteiger charge is 2.16. The maximum absolute atomic E-state index is 5.36. The van der Waals surface area contributed by atoms with Crippen LogP contribution in [0.5, 0.6) is 0 Å². The third-order valence-corrected chi connectivity index (χ3v) is 3.51. The van der Waals surface area contributed by atoms with E-state index in [2.05, 4.69) is 47.9 Å². The van der Waals surface area contributed by atoms with Crippen LogP contribution in [0.2, 0.25) is 0 Å². The van der Waals surface area contributed by atoms with Crippen LogP contribution in [0.1, 0.15) is 11.5 Å². The molecule has 0 N–H and O–H groups in total. The van der Waals surface area contributed by atoms with Gasteiger partial charge in [-0.25, -0.2) is 0 Å². The fraction of sp³-hybridized carbons (Fsp3) is 0.538. The van der Waals surface area contributed by atoms with Gasteiger partial charge in [0.05, 0.1) is 13.2 Å². The predicted octanol–water partition coefficient (Wildman–Crippen LogP) is 2.03. The Morgan fingerprint density at radius 2 is 1.88 bits per heavy atom. The number of hydrogen-bond acceptors (Lipinski definition) is 3. The Morgan fingerprint density at radius 3 is 2.50 bits per heavy atom. The number of morpholine rings is 1. The molecule has 1 aliphatic heterocycles. The van der Waals surface area contributed by atoms with E-state index in [4.69, 9.17) is 4.74 Å². The largest absolute Gasteiger partial charge is 0.379 e. The lowest BCUT2D eigenvalue weighted by Crippen LogP contribution is -2.39. The second-order valence-electron chi connectivity index (χ2n) is 4.20. The van der Waals surface area contributed by atoms with E-state index in [-0.39, 0.29) is 0 Å². The first-order valence-corrected chi connectivity index (χ1v) is 6.49. The molecule has 88 valence electrons. The van der Waals surface area contributed by atoms with Crippen LogP contribution in [0.4, 0.5) is 0 Å². The SMILES string of the molecule is SCC(CN1CCOCC1)c1ccccc1. The number of thiol groups is 1. The van der Waals surface area contributed by atoms with Gasteiger partial charge in [-0.15, -0.1) is 0 Å². The summed E-state index contributed by atoms with van der Waals surface area (Å²) in [6.45, 7) is 4.94. The summed E-state index contributed by atoms with van der Waals surface area (Å²) in [6, 6.07) is 10.7. The van der Waals surface area contributed by atoms with E-state index in [1.165, 1.54) is 5.56 Å². The van der Waals surface area contributed by atoms with Crippen LogP contribution in [0.25, 0.3) is 0 Å². The van der Waals surface area contributed by atoms with Crippen LogP contribution in [-0.2, 0) is 4.74 Å². The van der Waals surface area contributed by atoms with Crippen LogP contribution in [0.3, 0.4) is 0 Å². The summed E-state index contributed by atoms with van der Waals surface area (Å²) < 4.78 is 5.36. The van der Waals surface area contributed by atoms with Crippen molar-refractivity contribution in [3.63, 3.8) is 0 Å². The van der Waals surface area contributed by atoms with Gasteiger partial charge in [0.15, 0.2) is 0 Å². The van der Waals surface area contributed by atoms with Gasteiger partial charge in [0.2, 0.25) is 0 Å². The molecule has 0 aromatic heterocycles. The van der Waals surface area contributed by atoms with Crippen molar-refractivity contribution in [2.24, 2.45) is 0 Å². The maximum atomic E-state index is 5.36. The normalized spacial score (nSPS) is 19.6. The molecule has 0 radical (unpaired) electrons. The second kappa shape index (κ2) is 6.28. The fourth-order valence-corrected chi connectivity index (χ4v) is 2.42. The lowest BCUT2D eigenvalue weighted by Gasteiger charge is -2.30. The summed E-state index contributed by atoms with van der Waals surface area (Å²) >= 11 is 4.47. The molecule has 2 nitrogen and oxygen atoms in total. The Labute approximate surface area is 103 Å². The van der Waals surface area contributed by atoms with Crippen molar-refractivity contribution in [1.29, 1.82) is 0 Å². The fourth-order valence-electron chi connectivity index (χ4n) is 2.09. The minimum atomic E-state index is 0.530. The number of benzene rings is 1. The monoisotopic (exact) mass is 237 g/mol. The van der Waals surface area contributed by atoms with E-state index in [1.54, 1.807) is 0 Å². The van der Waals surface area contributed by atoms with Crippen molar-refractivity contribution >= 4 is 12.6 Å².